The zero-order valence-corrected chi connectivity index (χ0v) is 16.5. The molecule has 164 valence electrons. The van der Waals surface area contributed by atoms with E-state index in [0.717, 1.165) is 12.1 Å². The van der Waals surface area contributed by atoms with Crippen molar-refractivity contribution in [3.05, 3.63) is 71.0 Å². The van der Waals surface area contributed by atoms with Gasteiger partial charge in [-0.1, -0.05) is 0 Å². The second-order valence-corrected chi connectivity index (χ2v) is 7.89. The first kappa shape index (κ1) is 21.3. The Hall–Kier alpha value is -2.94. The van der Waals surface area contributed by atoms with Crippen LogP contribution in [-0.2, 0) is 6.18 Å². The van der Waals surface area contributed by atoms with Gasteiger partial charge in [0.25, 0.3) is 11.8 Å². The van der Waals surface area contributed by atoms with E-state index in [4.69, 9.17) is 0 Å². The molecule has 2 heterocycles. The lowest BCUT2D eigenvalue weighted by Gasteiger charge is -2.37. The number of fused-ring (bicyclic) bond motifs is 1. The van der Waals surface area contributed by atoms with Crippen molar-refractivity contribution in [2.75, 3.05) is 26.2 Å². The predicted molar refractivity (Wildman–Crippen MR) is 105 cm³/mol. The van der Waals surface area contributed by atoms with Crippen LogP contribution < -0.4 is 5.32 Å². The molecule has 0 bridgehead atoms. The maximum Gasteiger partial charge on any atom is 0.416 e. The fraction of sp³-hybridized carbons (Fsp3) is 0.364. The molecule has 4 rings (SSSR count). The number of carbonyl (C=O) groups excluding carboxylic acids is 2. The number of benzene rings is 2. The summed E-state index contributed by atoms with van der Waals surface area (Å²) in [6.45, 7) is 2.19. The Kier molecular flexibility index (Phi) is 5.70. The van der Waals surface area contributed by atoms with E-state index in [9.17, 15) is 27.2 Å². The van der Waals surface area contributed by atoms with Crippen LogP contribution in [0.15, 0.2) is 48.5 Å². The molecule has 0 spiro atoms. The minimum Gasteiger partial charge on any atom is -0.348 e. The van der Waals surface area contributed by atoms with Crippen LogP contribution in [-0.4, -0.2) is 59.9 Å². The topological polar surface area (TPSA) is 52.7 Å². The summed E-state index contributed by atoms with van der Waals surface area (Å²) >= 11 is 0. The first-order valence-corrected chi connectivity index (χ1v) is 9.98. The van der Waals surface area contributed by atoms with Gasteiger partial charge >= 0.3 is 6.18 Å². The summed E-state index contributed by atoms with van der Waals surface area (Å²) in [5.41, 5.74) is -0.185. The van der Waals surface area contributed by atoms with Crippen molar-refractivity contribution in [1.82, 2.24) is 15.1 Å². The SMILES string of the molecule is O=C(N[C@H]1C[C@H]2CN(C(=O)c3ccc(C(F)(F)F)cc3)CCN2C1)c1ccc(F)cc1. The van der Waals surface area contributed by atoms with E-state index in [0.29, 0.717) is 38.2 Å². The Morgan fingerprint density at radius 1 is 0.903 bits per heavy atom. The number of halogens is 4. The summed E-state index contributed by atoms with van der Waals surface area (Å²) in [4.78, 5) is 29.0. The van der Waals surface area contributed by atoms with Crippen molar-refractivity contribution in [2.24, 2.45) is 0 Å². The van der Waals surface area contributed by atoms with Gasteiger partial charge in [-0.05, 0) is 55.0 Å². The molecule has 0 unspecified atom stereocenters. The molecular weight excluding hydrogens is 414 g/mol. The molecule has 2 atom stereocenters. The van der Waals surface area contributed by atoms with Gasteiger partial charge < -0.3 is 10.2 Å². The molecule has 9 heteroatoms. The van der Waals surface area contributed by atoms with Crippen LogP contribution in [0.3, 0.4) is 0 Å². The van der Waals surface area contributed by atoms with E-state index in [2.05, 4.69) is 10.2 Å². The van der Waals surface area contributed by atoms with Crippen molar-refractivity contribution in [2.45, 2.75) is 24.7 Å². The monoisotopic (exact) mass is 435 g/mol. The third-order valence-electron chi connectivity index (χ3n) is 5.80. The molecule has 2 aliphatic heterocycles. The first-order valence-electron chi connectivity index (χ1n) is 9.98. The molecule has 1 N–H and O–H groups in total. The zero-order valence-electron chi connectivity index (χ0n) is 16.5. The number of carbonyl (C=O) groups is 2. The Balaban J connectivity index is 1.35. The maximum atomic E-state index is 13.0. The number of nitrogens with zero attached hydrogens (tertiary/aromatic N) is 2. The molecule has 0 aromatic heterocycles. The van der Waals surface area contributed by atoms with Crippen LogP contribution in [0.2, 0.25) is 0 Å². The van der Waals surface area contributed by atoms with Crippen molar-refractivity contribution in [3.8, 4) is 0 Å². The quantitative estimate of drug-likeness (QED) is 0.754. The Bertz CT molecular complexity index is 960. The van der Waals surface area contributed by atoms with Crippen LogP contribution in [0.4, 0.5) is 17.6 Å². The highest BCUT2D eigenvalue weighted by Crippen LogP contribution is 2.29. The van der Waals surface area contributed by atoms with Crippen molar-refractivity contribution >= 4 is 11.8 Å². The number of piperazine rings is 1. The molecule has 2 saturated heterocycles. The largest absolute Gasteiger partial charge is 0.416 e. The molecule has 0 aliphatic carbocycles. The van der Waals surface area contributed by atoms with E-state index in [-0.39, 0.29) is 29.5 Å². The van der Waals surface area contributed by atoms with Crippen molar-refractivity contribution < 1.29 is 27.2 Å². The van der Waals surface area contributed by atoms with Crippen LogP contribution in [0, 0.1) is 5.82 Å². The van der Waals surface area contributed by atoms with E-state index < -0.39 is 17.6 Å². The number of hydrogen-bond donors (Lipinski definition) is 1. The summed E-state index contributed by atoms with van der Waals surface area (Å²) in [6.07, 6.45) is -3.78. The third-order valence-corrected chi connectivity index (χ3v) is 5.80. The van der Waals surface area contributed by atoms with Crippen LogP contribution in [0.1, 0.15) is 32.7 Å². The summed E-state index contributed by atoms with van der Waals surface area (Å²) in [5, 5.41) is 2.95. The summed E-state index contributed by atoms with van der Waals surface area (Å²) in [7, 11) is 0. The number of nitrogens with one attached hydrogen (secondary N) is 1. The van der Waals surface area contributed by atoms with Gasteiger partial charge in [0.15, 0.2) is 0 Å². The molecule has 2 amide bonds. The fourth-order valence-corrected chi connectivity index (χ4v) is 4.19. The number of rotatable bonds is 3. The molecular formula is C22H21F4N3O2. The Labute approximate surface area is 176 Å². The normalized spacial score (nSPS) is 21.6. The second-order valence-electron chi connectivity index (χ2n) is 7.89. The lowest BCUT2D eigenvalue weighted by atomic mass is 10.1. The molecule has 0 radical (unpaired) electrons. The molecule has 2 aromatic carbocycles. The molecule has 5 nitrogen and oxygen atoms in total. The summed E-state index contributed by atoms with van der Waals surface area (Å²) in [6, 6.07) is 9.54. The summed E-state index contributed by atoms with van der Waals surface area (Å²) in [5.74, 6) is -0.984. The number of hydrogen-bond acceptors (Lipinski definition) is 3. The lowest BCUT2D eigenvalue weighted by molar-refractivity contribution is -0.137. The number of alkyl halides is 3. The Morgan fingerprint density at radius 3 is 2.19 bits per heavy atom. The smallest absolute Gasteiger partial charge is 0.348 e. The van der Waals surface area contributed by atoms with E-state index in [1.807, 2.05) is 0 Å². The Morgan fingerprint density at radius 2 is 1.55 bits per heavy atom. The van der Waals surface area contributed by atoms with Gasteiger partial charge in [0.1, 0.15) is 5.82 Å². The first-order chi connectivity index (χ1) is 14.7. The minimum atomic E-state index is -4.44. The highest BCUT2D eigenvalue weighted by Gasteiger charge is 2.38. The average molecular weight is 435 g/mol. The van der Waals surface area contributed by atoms with Crippen LogP contribution in [0.5, 0.6) is 0 Å². The van der Waals surface area contributed by atoms with Crippen LogP contribution >= 0.6 is 0 Å². The molecule has 2 fully saturated rings. The molecule has 2 aliphatic rings. The van der Waals surface area contributed by atoms with Gasteiger partial charge in [0.2, 0.25) is 0 Å². The molecule has 31 heavy (non-hydrogen) atoms. The molecule has 0 saturated carbocycles. The fourth-order valence-electron chi connectivity index (χ4n) is 4.19. The van der Waals surface area contributed by atoms with Gasteiger partial charge in [-0.3, -0.25) is 14.5 Å². The third kappa shape index (κ3) is 4.71. The van der Waals surface area contributed by atoms with Crippen molar-refractivity contribution in [1.29, 1.82) is 0 Å². The number of amides is 2. The van der Waals surface area contributed by atoms with Crippen molar-refractivity contribution in [3.63, 3.8) is 0 Å². The van der Waals surface area contributed by atoms with E-state index >= 15 is 0 Å². The standard InChI is InChI=1S/C22H21F4N3O2/c23-17-7-3-14(4-8-17)20(30)27-18-11-19-13-29(10-9-28(19)12-18)21(31)15-1-5-16(6-2-15)22(24,25)26/h1-8,18-19H,9-13H2,(H,27,30)/t18-,19-/m0/s1. The average Bonchev–Trinajstić information content (AvgIpc) is 3.14. The minimum absolute atomic E-state index is 0.0608. The van der Waals surface area contributed by atoms with Gasteiger partial charge in [0, 0.05) is 49.4 Å². The molecule has 2 aromatic rings. The highest BCUT2D eigenvalue weighted by molar-refractivity contribution is 5.95. The van der Waals surface area contributed by atoms with Gasteiger partial charge in [0.05, 0.1) is 5.56 Å². The van der Waals surface area contributed by atoms with E-state index in [1.54, 1.807) is 4.90 Å². The lowest BCUT2D eigenvalue weighted by Crippen LogP contribution is -2.52. The van der Waals surface area contributed by atoms with Gasteiger partial charge in [-0.15, -0.1) is 0 Å². The van der Waals surface area contributed by atoms with Crippen LogP contribution in [0.25, 0.3) is 0 Å². The summed E-state index contributed by atoms with van der Waals surface area (Å²) < 4.78 is 51.2. The maximum absolute atomic E-state index is 13.0. The zero-order chi connectivity index (χ0) is 22.2. The second kappa shape index (κ2) is 8.30. The van der Waals surface area contributed by atoms with Gasteiger partial charge in [-0.25, -0.2) is 4.39 Å². The highest BCUT2D eigenvalue weighted by atomic mass is 19.4. The van der Waals surface area contributed by atoms with Gasteiger partial charge in [-0.2, -0.15) is 13.2 Å². The predicted octanol–water partition coefficient (Wildman–Crippen LogP) is 3.17. The van der Waals surface area contributed by atoms with E-state index in [1.165, 1.54) is 36.4 Å².